The van der Waals surface area contributed by atoms with Crippen LogP contribution < -0.4 is 22.2 Å². The second kappa shape index (κ2) is 9.10. The van der Waals surface area contributed by atoms with Crippen molar-refractivity contribution < 1.29 is 18.0 Å². The molecule has 0 radical (unpaired) electrons. The third-order valence-electron chi connectivity index (χ3n) is 5.75. The third kappa shape index (κ3) is 5.08. The number of H-pyrrole nitrogens is 1. The predicted molar refractivity (Wildman–Crippen MR) is 119 cm³/mol. The quantitative estimate of drug-likeness (QED) is 0.235. The van der Waals surface area contributed by atoms with Crippen LogP contribution in [0.3, 0.4) is 0 Å². The summed E-state index contributed by atoms with van der Waals surface area (Å²) in [6, 6.07) is 1.96. The highest BCUT2D eigenvalue weighted by Gasteiger charge is 2.24. The Labute approximate surface area is 188 Å². The van der Waals surface area contributed by atoms with Crippen LogP contribution in [0.25, 0.3) is 10.9 Å². The maximum atomic E-state index is 14.6. The average molecular weight is 461 g/mol. The Balaban J connectivity index is 1.42. The lowest BCUT2D eigenvalue weighted by Crippen LogP contribution is -2.39. The normalized spacial score (nSPS) is 16.5. The number of allylic oxidation sites excluding steroid dienone is 2. The molecule has 1 aromatic heterocycles. The van der Waals surface area contributed by atoms with Crippen molar-refractivity contribution in [3.8, 4) is 0 Å². The Morgan fingerprint density at radius 3 is 2.70 bits per heavy atom. The van der Waals surface area contributed by atoms with Gasteiger partial charge in [0.2, 0.25) is 0 Å². The molecule has 7 N–H and O–H groups in total. The molecule has 8 nitrogen and oxygen atoms in total. The van der Waals surface area contributed by atoms with Crippen LogP contribution in [-0.2, 0) is 4.79 Å². The van der Waals surface area contributed by atoms with Gasteiger partial charge in [-0.1, -0.05) is 12.8 Å². The fraction of sp³-hybridized carbons (Fsp3) is 0.318. The SMILES string of the molecule is CN(CCC1CC1)C1=C(F)C=C(N(N)/C=C(\N)C(=O)Nc2c[nH]c3cc(F)c(F)cc23)CN1. The van der Waals surface area contributed by atoms with Gasteiger partial charge in [0.15, 0.2) is 17.5 Å². The van der Waals surface area contributed by atoms with Crippen molar-refractivity contribution in [1.82, 2.24) is 20.2 Å². The minimum atomic E-state index is -1.04. The van der Waals surface area contributed by atoms with E-state index in [4.69, 9.17) is 11.6 Å². The molecule has 1 aliphatic heterocycles. The summed E-state index contributed by atoms with van der Waals surface area (Å²) in [5, 5.41) is 6.87. The number of anilines is 1. The van der Waals surface area contributed by atoms with E-state index < -0.39 is 23.4 Å². The molecule has 0 atom stereocenters. The van der Waals surface area contributed by atoms with Crippen molar-refractivity contribution in [2.75, 3.05) is 25.5 Å². The number of carbonyl (C=O) groups excluding carboxylic acids is 1. The molecule has 0 saturated heterocycles. The van der Waals surface area contributed by atoms with E-state index in [0.717, 1.165) is 42.2 Å². The molecular formula is C22H26F3N7O. The smallest absolute Gasteiger partial charge is 0.273 e. The fourth-order valence-electron chi connectivity index (χ4n) is 3.61. The molecule has 0 unspecified atom stereocenters. The number of carbonyl (C=O) groups is 1. The van der Waals surface area contributed by atoms with E-state index in [1.807, 2.05) is 11.9 Å². The molecule has 1 aliphatic carbocycles. The van der Waals surface area contributed by atoms with E-state index in [-0.39, 0.29) is 23.3 Å². The highest BCUT2D eigenvalue weighted by Crippen LogP contribution is 2.33. The number of halogens is 3. The Morgan fingerprint density at radius 1 is 1.27 bits per heavy atom. The van der Waals surface area contributed by atoms with Gasteiger partial charge in [0, 0.05) is 43.5 Å². The van der Waals surface area contributed by atoms with Crippen LogP contribution in [0.15, 0.2) is 53.6 Å². The summed E-state index contributed by atoms with van der Waals surface area (Å²) in [6.07, 6.45) is 7.36. The predicted octanol–water partition coefficient (Wildman–Crippen LogP) is 2.72. The Morgan fingerprint density at radius 2 is 2.00 bits per heavy atom. The van der Waals surface area contributed by atoms with E-state index in [0.29, 0.717) is 17.0 Å². The number of amides is 1. The van der Waals surface area contributed by atoms with E-state index in [2.05, 4.69) is 15.6 Å². The lowest BCUT2D eigenvalue weighted by molar-refractivity contribution is -0.113. The van der Waals surface area contributed by atoms with Gasteiger partial charge < -0.3 is 26.3 Å². The number of hydrazine groups is 1. The first-order valence-electron chi connectivity index (χ1n) is 10.6. The molecule has 2 aliphatic rings. The van der Waals surface area contributed by atoms with E-state index in [1.54, 1.807) is 0 Å². The standard InChI is InChI=1S/C22H26F3N7O/c1-31(5-4-12-2-3-12)21-17(25)6-13(9-29-21)32(27)11-18(26)22(33)30-20-10-28-19-8-16(24)15(23)7-14(19)20/h6-8,10-12,28-29H,2-5,9,26-27H2,1H3,(H,30,33)/b18-11-. The van der Waals surface area contributed by atoms with Gasteiger partial charge in [-0.05, 0) is 18.4 Å². The first-order valence-corrected chi connectivity index (χ1v) is 10.6. The number of dihydropyridines is 1. The monoisotopic (exact) mass is 461 g/mol. The fourth-order valence-corrected chi connectivity index (χ4v) is 3.61. The number of nitrogens with two attached hydrogens (primary N) is 2. The minimum absolute atomic E-state index is 0.222. The van der Waals surface area contributed by atoms with Crippen molar-refractivity contribution in [3.05, 3.63) is 65.3 Å². The summed E-state index contributed by atoms with van der Waals surface area (Å²) in [4.78, 5) is 17.1. The summed E-state index contributed by atoms with van der Waals surface area (Å²) in [5.74, 6) is 3.88. The number of aromatic nitrogens is 1. The molecule has 33 heavy (non-hydrogen) atoms. The number of nitrogens with one attached hydrogen (secondary N) is 3. The number of hydrogen-bond acceptors (Lipinski definition) is 6. The van der Waals surface area contributed by atoms with Crippen molar-refractivity contribution >= 4 is 22.5 Å². The van der Waals surface area contributed by atoms with Gasteiger partial charge in [0.25, 0.3) is 5.91 Å². The second-order valence-corrected chi connectivity index (χ2v) is 8.30. The Kier molecular flexibility index (Phi) is 6.23. The van der Waals surface area contributed by atoms with Crippen LogP contribution in [0.4, 0.5) is 18.9 Å². The van der Waals surface area contributed by atoms with Crippen LogP contribution in [0.1, 0.15) is 19.3 Å². The number of nitrogens with zero attached hydrogens (tertiary/aromatic N) is 2. The van der Waals surface area contributed by atoms with Crippen LogP contribution >= 0.6 is 0 Å². The topological polar surface area (TPSA) is 115 Å². The number of aromatic amines is 1. The molecule has 0 spiro atoms. The molecule has 1 aromatic carbocycles. The zero-order valence-corrected chi connectivity index (χ0v) is 18.1. The first-order chi connectivity index (χ1) is 15.7. The summed E-state index contributed by atoms with van der Waals surface area (Å²) < 4.78 is 41.6. The molecule has 0 bridgehead atoms. The average Bonchev–Trinajstić information content (AvgIpc) is 3.54. The lowest BCUT2D eigenvalue weighted by Gasteiger charge is -2.29. The number of fused-ring (bicyclic) bond motifs is 1. The molecular weight excluding hydrogens is 435 g/mol. The van der Waals surface area contributed by atoms with Crippen LogP contribution in [-0.4, -0.2) is 40.9 Å². The van der Waals surface area contributed by atoms with Crippen molar-refractivity contribution in [2.45, 2.75) is 19.3 Å². The van der Waals surface area contributed by atoms with Crippen LogP contribution in [0.2, 0.25) is 0 Å². The summed E-state index contributed by atoms with van der Waals surface area (Å²) in [7, 11) is 1.83. The summed E-state index contributed by atoms with van der Waals surface area (Å²) >= 11 is 0. The molecule has 2 aromatic rings. The summed E-state index contributed by atoms with van der Waals surface area (Å²) in [5.41, 5.74) is 6.49. The molecule has 1 fully saturated rings. The van der Waals surface area contributed by atoms with Crippen molar-refractivity contribution in [3.63, 3.8) is 0 Å². The second-order valence-electron chi connectivity index (χ2n) is 8.30. The summed E-state index contributed by atoms with van der Waals surface area (Å²) in [6.45, 7) is 0.999. The Hall–Kier alpha value is -3.60. The molecule has 4 rings (SSSR count). The minimum Gasteiger partial charge on any atom is -0.393 e. The largest absolute Gasteiger partial charge is 0.393 e. The molecule has 2 heterocycles. The molecule has 1 saturated carbocycles. The van der Waals surface area contributed by atoms with E-state index in [9.17, 15) is 18.0 Å². The zero-order valence-electron chi connectivity index (χ0n) is 18.1. The first kappa shape index (κ1) is 22.6. The van der Waals surface area contributed by atoms with Gasteiger partial charge in [0.1, 0.15) is 11.5 Å². The molecule has 1 amide bonds. The van der Waals surface area contributed by atoms with Gasteiger partial charge in [0.05, 0.1) is 23.4 Å². The number of rotatable bonds is 8. The third-order valence-corrected chi connectivity index (χ3v) is 5.75. The van der Waals surface area contributed by atoms with E-state index >= 15 is 0 Å². The zero-order chi connectivity index (χ0) is 23.7. The van der Waals surface area contributed by atoms with Crippen molar-refractivity contribution in [2.24, 2.45) is 17.5 Å². The maximum Gasteiger partial charge on any atom is 0.273 e. The highest BCUT2D eigenvalue weighted by molar-refractivity contribution is 6.08. The highest BCUT2D eigenvalue weighted by atomic mass is 19.2. The number of hydrogen-bond donors (Lipinski definition) is 5. The van der Waals surface area contributed by atoms with E-state index in [1.165, 1.54) is 25.1 Å². The van der Waals surface area contributed by atoms with Gasteiger partial charge in [-0.25, -0.2) is 19.0 Å². The van der Waals surface area contributed by atoms with Gasteiger partial charge in [-0.2, -0.15) is 0 Å². The van der Waals surface area contributed by atoms with Gasteiger partial charge in [-0.15, -0.1) is 0 Å². The Bertz CT molecular complexity index is 1170. The van der Waals surface area contributed by atoms with Crippen LogP contribution in [0.5, 0.6) is 0 Å². The molecule has 176 valence electrons. The van der Waals surface area contributed by atoms with Crippen molar-refractivity contribution in [1.29, 1.82) is 0 Å². The number of benzene rings is 1. The van der Waals surface area contributed by atoms with Gasteiger partial charge in [-0.3, -0.25) is 9.80 Å². The van der Waals surface area contributed by atoms with Crippen LogP contribution in [0, 0.1) is 17.6 Å². The lowest BCUT2D eigenvalue weighted by atomic mass is 10.2. The maximum absolute atomic E-state index is 14.6. The van der Waals surface area contributed by atoms with Gasteiger partial charge >= 0.3 is 0 Å². The molecule has 11 heteroatoms.